The molecule has 0 unspecified atom stereocenters. The first-order valence-electron chi connectivity index (χ1n) is 24.4. The van der Waals surface area contributed by atoms with Gasteiger partial charge in [-0.25, -0.2) is 0 Å². The number of nitrogens with one attached hydrogen (secondary N) is 5. The van der Waals surface area contributed by atoms with Crippen molar-refractivity contribution in [1.82, 2.24) is 41.3 Å². The highest BCUT2D eigenvalue weighted by Crippen LogP contribution is 2.25. The van der Waals surface area contributed by atoms with Gasteiger partial charge in [0.05, 0.1) is 0 Å². The van der Waals surface area contributed by atoms with E-state index in [0.717, 1.165) is 103 Å². The number of amides is 5. The first-order chi connectivity index (χ1) is 32.7. The van der Waals surface area contributed by atoms with Crippen LogP contribution in [-0.4, -0.2) is 193 Å². The largest absolute Gasteiger partial charge is 0.355 e. The number of hydrogen-bond donors (Lipinski definition) is 5. The van der Waals surface area contributed by atoms with E-state index in [4.69, 9.17) is 0 Å². The van der Waals surface area contributed by atoms with Crippen molar-refractivity contribution in [3.05, 3.63) is 0 Å². The van der Waals surface area contributed by atoms with E-state index in [9.17, 15) is 24.0 Å². The standard InChI is InChI=1S/C44H88N8O5S10/c1-6-30-58-63-35-11-40(53)45-16-21-50(22-17-46-41(54)12-36-64-59-31-7-2)26-28-52(25-20-49-44(57)15-39-67-62-34-10-5)29-27-51(23-18-47-42(55)13-37-65-60-32-8-3)24-19-48-43(56)14-38-66-61-33-9-4/h6-39H2,1-5H3,(H,45,53)(H,46,54)(H,47,55)(H,48,56)(H,49,57). The molecule has 13 nitrogen and oxygen atoms in total. The Kier molecular flexibility index (Phi) is 53.6. The van der Waals surface area contributed by atoms with Gasteiger partial charge in [0.1, 0.15) is 0 Å². The molecule has 0 aliphatic carbocycles. The second-order valence-electron chi connectivity index (χ2n) is 15.2. The Hall–Kier alpha value is 0.730. The van der Waals surface area contributed by atoms with Gasteiger partial charge < -0.3 is 26.6 Å². The molecule has 23 heteroatoms. The molecular formula is C44H88N8O5S10. The van der Waals surface area contributed by atoms with E-state index in [1.807, 2.05) is 54.0 Å². The van der Waals surface area contributed by atoms with Crippen LogP contribution in [0.1, 0.15) is 98.8 Å². The fourth-order valence-electron chi connectivity index (χ4n) is 5.46. The smallest absolute Gasteiger partial charge is 0.220 e. The zero-order chi connectivity index (χ0) is 49.3. The summed E-state index contributed by atoms with van der Waals surface area (Å²) in [5.74, 6) is 9.61. The van der Waals surface area contributed by atoms with Crippen molar-refractivity contribution in [3.63, 3.8) is 0 Å². The molecule has 0 rings (SSSR count). The normalized spacial score (nSPS) is 11.4. The van der Waals surface area contributed by atoms with Crippen LogP contribution in [0.15, 0.2) is 0 Å². The lowest BCUT2D eigenvalue weighted by atomic mass is 10.3. The molecule has 0 aromatic rings. The summed E-state index contributed by atoms with van der Waals surface area (Å²) in [5, 5.41) is 15.6. The Balaban J connectivity index is 5.83. The number of hydrogen-bond acceptors (Lipinski definition) is 18. The highest BCUT2D eigenvalue weighted by Gasteiger charge is 2.15. The molecule has 0 aromatic heterocycles. The van der Waals surface area contributed by atoms with Crippen LogP contribution in [0.2, 0.25) is 0 Å². The molecule has 0 aromatic carbocycles. The molecular weight excluding hydrogens is 1040 g/mol. The van der Waals surface area contributed by atoms with Gasteiger partial charge in [-0.2, -0.15) is 0 Å². The first-order valence-corrected chi connectivity index (χ1v) is 36.8. The predicted molar refractivity (Wildman–Crippen MR) is 313 cm³/mol. The fourth-order valence-corrected chi connectivity index (χ4v) is 16.1. The van der Waals surface area contributed by atoms with E-state index in [1.54, 1.807) is 54.0 Å². The molecule has 0 spiro atoms. The first kappa shape index (κ1) is 67.7. The Bertz CT molecular complexity index is 1080. The summed E-state index contributed by atoms with van der Waals surface area (Å²) < 4.78 is 0. The molecule has 0 aliphatic heterocycles. The number of carbonyl (C=O) groups is 5. The Morgan fingerprint density at radius 3 is 0.612 bits per heavy atom. The minimum Gasteiger partial charge on any atom is -0.355 e. The molecule has 0 fully saturated rings. The third-order valence-electron chi connectivity index (χ3n) is 9.13. The SMILES string of the molecule is CCCSSCCC(=O)NCCN(CCNC(=O)CCSSCCC)CCN(CCNC(=O)CCSSCCC)CCN(CCNC(=O)CCSSCCC)CCNC(=O)CCSSCCC. The molecule has 0 atom stereocenters. The molecule has 0 heterocycles. The van der Waals surface area contributed by atoms with Gasteiger partial charge >= 0.3 is 0 Å². The second-order valence-corrected chi connectivity index (χ2v) is 28.8. The fraction of sp³-hybridized carbons (Fsp3) is 0.886. The molecule has 0 aliphatic rings. The van der Waals surface area contributed by atoms with Crippen molar-refractivity contribution in [3.8, 4) is 0 Å². The molecule has 0 saturated carbocycles. The topological polar surface area (TPSA) is 155 Å². The van der Waals surface area contributed by atoms with Crippen LogP contribution in [0.5, 0.6) is 0 Å². The zero-order valence-corrected chi connectivity index (χ0v) is 49.7. The van der Waals surface area contributed by atoms with Crippen molar-refractivity contribution in [2.45, 2.75) is 98.8 Å². The van der Waals surface area contributed by atoms with Crippen molar-refractivity contribution in [1.29, 1.82) is 0 Å². The third-order valence-corrected chi connectivity index (χ3v) is 22.2. The summed E-state index contributed by atoms with van der Waals surface area (Å²) in [5.41, 5.74) is 0. The Morgan fingerprint density at radius 2 is 0.433 bits per heavy atom. The van der Waals surface area contributed by atoms with Crippen molar-refractivity contribution in [2.24, 2.45) is 0 Å². The zero-order valence-electron chi connectivity index (χ0n) is 41.5. The van der Waals surface area contributed by atoms with Gasteiger partial charge in [0.2, 0.25) is 29.5 Å². The van der Waals surface area contributed by atoms with Gasteiger partial charge in [-0.3, -0.25) is 38.7 Å². The van der Waals surface area contributed by atoms with Gasteiger partial charge in [-0.05, 0) is 32.1 Å². The van der Waals surface area contributed by atoms with Gasteiger partial charge in [-0.1, -0.05) is 143 Å². The van der Waals surface area contributed by atoms with Crippen LogP contribution in [-0.2, 0) is 24.0 Å². The summed E-state index contributed by atoms with van der Waals surface area (Å²) in [6.07, 6.45) is 8.03. The van der Waals surface area contributed by atoms with E-state index in [0.29, 0.717) is 111 Å². The maximum Gasteiger partial charge on any atom is 0.220 e. The molecule has 5 amide bonds. The van der Waals surface area contributed by atoms with E-state index < -0.39 is 0 Å². The van der Waals surface area contributed by atoms with Gasteiger partial charge in [0.15, 0.2) is 0 Å². The van der Waals surface area contributed by atoms with E-state index >= 15 is 0 Å². The quantitative estimate of drug-likeness (QED) is 0.0292. The number of rotatable bonds is 51. The minimum absolute atomic E-state index is 0.0539. The molecule has 5 N–H and O–H groups in total. The van der Waals surface area contributed by atoms with E-state index in [-0.39, 0.29) is 29.5 Å². The highest BCUT2D eigenvalue weighted by molar-refractivity contribution is 8.77. The maximum atomic E-state index is 12.8. The lowest BCUT2D eigenvalue weighted by molar-refractivity contribution is -0.121. The Labute approximate surface area is 446 Å². The van der Waals surface area contributed by atoms with Crippen LogP contribution < -0.4 is 26.6 Å². The molecule has 0 bridgehead atoms. The maximum absolute atomic E-state index is 12.8. The Morgan fingerprint density at radius 1 is 0.269 bits per heavy atom. The average molecular weight is 1130 g/mol. The summed E-state index contributed by atoms with van der Waals surface area (Å²) in [7, 11) is 17.8. The third kappa shape index (κ3) is 48.8. The van der Waals surface area contributed by atoms with E-state index in [1.165, 1.54) is 0 Å². The van der Waals surface area contributed by atoms with Crippen LogP contribution in [0, 0.1) is 0 Å². The number of carbonyl (C=O) groups excluding carboxylic acids is 5. The molecule has 0 saturated heterocycles. The van der Waals surface area contributed by atoms with Gasteiger partial charge in [0, 0.05) is 181 Å². The summed E-state index contributed by atoms with van der Waals surface area (Å²) in [4.78, 5) is 70.6. The lowest BCUT2D eigenvalue weighted by Gasteiger charge is -2.30. The summed E-state index contributed by atoms with van der Waals surface area (Å²) in [6, 6.07) is 0. The highest BCUT2D eigenvalue weighted by atomic mass is 33.1. The van der Waals surface area contributed by atoms with Crippen molar-refractivity contribution in [2.75, 3.05) is 149 Å². The van der Waals surface area contributed by atoms with Crippen molar-refractivity contribution < 1.29 is 24.0 Å². The average Bonchev–Trinajstić information content (AvgIpc) is 3.31. The predicted octanol–water partition coefficient (Wildman–Crippen LogP) is 8.38. The lowest BCUT2D eigenvalue weighted by Crippen LogP contribution is -2.47. The summed E-state index contributed by atoms with van der Waals surface area (Å²) in [6.45, 7) is 19.5. The molecule has 0 radical (unpaired) electrons. The molecule has 394 valence electrons. The summed E-state index contributed by atoms with van der Waals surface area (Å²) >= 11 is 0. The van der Waals surface area contributed by atoms with Crippen LogP contribution >= 0.6 is 108 Å². The van der Waals surface area contributed by atoms with Crippen LogP contribution in [0.3, 0.4) is 0 Å². The minimum atomic E-state index is 0.0539. The van der Waals surface area contributed by atoms with E-state index in [2.05, 4.69) is 75.9 Å². The van der Waals surface area contributed by atoms with Crippen LogP contribution in [0.25, 0.3) is 0 Å². The van der Waals surface area contributed by atoms with Gasteiger partial charge in [0.25, 0.3) is 0 Å². The number of nitrogens with zero attached hydrogens (tertiary/aromatic N) is 3. The van der Waals surface area contributed by atoms with Crippen molar-refractivity contribution >= 4 is 137 Å². The van der Waals surface area contributed by atoms with Crippen LogP contribution in [0.4, 0.5) is 0 Å². The monoisotopic (exact) mass is 1130 g/mol. The molecule has 67 heavy (non-hydrogen) atoms. The van der Waals surface area contributed by atoms with Gasteiger partial charge in [-0.15, -0.1) is 0 Å². The second kappa shape index (κ2) is 53.0.